The Morgan fingerprint density at radius 2 is 1.81 bits per heavy atom. The third-order valence-corrected chi connectivity index (χ3v) is 7.58. The van der Waals surface area contributed by atoms with Gasteiger partial charge in [-0.15, -0.1) is 5.10 Å². The van der Waals surface area contributed by atoms with Crippen LogP contribution in [-0.2, 0) is 16.9 Å². The van der Waals surface area contributed by atoms with Gasteiger partial charge in [-0.1, -0.05) is 13.0 Å². The predicted octanol–water partition coefficient (Wildman–Crippen LogP) is 3.25. The van der Waals surface area contributed by atoms with Crippen LogP contribution in [0, 0.1) is 5.92 Å². The first-order valence-corrected chi connectivity index (χ1v) is 11.6. The molecule has 4 rings (SSSR count). The summed E-state index contributed by atoms with van der Waals surface area (Å²) in [7, 11) is -2.35. The SMILES string of the molecule is C[C@@H]1[C@H](Oc2ccc(=O)n(C)n2)c2cc(S(=O)(=O)c3cccc(O)c3)ccc2OC1(C)C. The Morgan fingerprint density at radius 1 is 1.09 bits per heavy atom. The summed E-state index contributed by atoms with van der Waals surface area (Å²) in [6, 6.07) is 13.0. The van der Waals surface area contributed by atoms with E-state index in [1.807, 2.05) is 20.8 Å². The molecule has 2 atom stereocenters. The molecule has 0 amide bonds. The number of benzene rings is 2. The van der Waals surface area contributed by atoms with Gasteiger partial charge in [-0.2, -0.15) is 0 Å². The number of phenols is 1. The van der Waals surface area contributed by atoms with Crippen LogP contribution in [0.15, 0.2) is 69.2 Å². The largest absolute Gasteiger partial charge is 0.508 e. The van der Waals surface area contributed by atoms with Gasteiger partial charge in [0.15, 0.2) is 0 Å². The molecule has 3 aromatic rings. The highest BCUT2D eigenvalue weighted by atomic mass is 32.2. The lowest BCUT2D eigenvalue weighted by atomic mass is 9.81. The van der Waals surface area contributed by atoms with Crippen LogP contribution in [0.3, 0.4) is 0 Å². The fourth-order valence-electron chi connectivity index (χ4n) is 3.65. The highest BCUT2D eigenvalue weighted by molar-refractivity contribution is 7.91. The Hall–Kier alpha value is -3.33. The number of aromatic nitrogens is 2. The summed E-state index contributed by atoms with van der Waals surface area (Å²) in [5.41, 5.74) is -0.296. The molecule has 168 valence electrons. The molecule has 1 aliphatic rings. The molecule has 0 radical (unpaired) electrons. The van der Waals surface area contributed by atoms with Crippen molar-refractivity contribution in [3.05, 3.63) is 70.5 Å². The van der Waals surface area contributed by atoms with Gasteiger partial charge in [0.25, 0.3) is 5.56 Å². The van der Waals surface area contributed by atoms with Crippen molar-refractivity contribution in [1.29, 1.82) is 0 Å². The van der Waals surface area contributed by atoms with Crippen molar-refractivity contribution in [2.45, 2.75) is 42.3 Å². The fourth-order valence-corrected chi connectivity index (χ4v) is 4.98. The van der Waals surface area contributed by atoms with Gasteiger partial charge in [0, 0.05) is 30.7 Å². The van der Waals surface area contributed by atoms with E-state index < -0.39 is 21.5 Å². The second kappa shape index (κ2) is 7.67. The van der Waals surface area contributed by atoms with Gasteiger partial charge in [-0.25, -0.2) is 13.1 Å². The average Bonchev–Trinajstić information content (AvgIpc) is 2.73. The number of hydrogen-bond donors (Lipinski definition) is 1. The summed E-state index contributed by atoms with van der Waals surface area (Å²) in [5.74, 6) is 0.448. The predicted molar refractivity (Wildman–Crippen MR) is 117 cm³/mol. The molecular formula is C23H24N2O6S. The number of aryl methyl sites for hydroxylation is 1. The maximum absolute atomic E-state index is 13.2. The Labute approximate surface area is 186 Å². The molecule has 1 aromatic heterocycles. The van der Waals surface area contributed by atoms with Gasteiger partial charge in [-0.3, -0.25) is 4.79 Å². The number of rotatable bonds is 4. The normalized spacial score (nSPS) is 19.6. The Balaban J connectivity index is 1.81. The summed E-state index contributed by atoms with van der Waals surface area (Å²) in [6.07, 6.45) is -0.571. The van der Waals surface area contributed by atoms with E-state index in [0.29, 0.717) is 11.3 Å². The minimum absolute atomic E-state index is 0.0141. The second-order valence-electron chi connectivity index (χ2n) is 8.37. The molecule has 9 heteroatoms. The molecule has 2 aromatic carbocycles. The van der Waals surface area contributed by atoms with Crippen LogP contribution < -0.4 is 15.0 Å². The van der Waals surface area contributed by atoms with Crippen molar-refractivity contribution in [2.24, 2.45) is 13.0 Å². The lowest BCUT2D eigenvalue weighted by molar-refractivity contribution is -0.0364. The van der Waals surface area contributed by atoms with Crippen LogP contribution in [0.5, 0.6) is 17.4 Å². The van der Waals surface area contributed by atoms with Crippen LogP contribution in [0.4, 0.5) is 0 Å². The lowest BCUT2D eigenvalue weighted by Gasteiger charge is -2.43. The van der Waals surface area contributed by atoms with Crippen LogP contribution in [0.1, 0.15) is 32.4 Å². The fraction of sp³-hybridized carbons (Fsp3) is 0.304. The van der Waals surface area contributed by atoms with Crippen LogP contribution in [-0.4, -0.2) is 28.9 Å². The summed E-state index contributed by atoms with van der Waals surface area (Å²) >= 11 is 0. The van der Waals surface area contributed by atoms with E-state index in [0.717, 1.165) is 0 Å². The minimum Gasteiger partial charge on any atom is -0.508 e. The zero-order valence-corrected chi connectivity index (χ0v) is 19.0. The maximum Gasteiger partial charge on any atom is 0.266 e. The summed E-state index contributed by atoms with van der Waals surface area (Å²) in [4.78, 5) is 11.7. The number of phenolic OH excluding ortho intramolecular Hbond substituents is 1. The van der Waals surface area contributed by atoms with Crippen LogP contribution >= 0.6 is 0 Å². The van der Waals surface area contributed by atoms with E-state index in [1.165, 1.54) is 60.3 Å². The number of sulfone groups is 1. The molecule has 8 nitrogen and oxygen atoms in total. The molecule has 0 saturated heterocycles. The zero-order chi connectivity index (χ0) is 23.3. The van der Waals surface area contributed by atoms with Crippen LogP contribution in [0.25, 0.3) is 0 Å². The van der Waals surface area contributed by atoms with Gasteiger partial charge in [0.2, 0.25) is 15.7 Å². The lowest BCUT2D eigenvalue weighted by Crippen LogP contribution is -2.44. The van der Waals surface area contributed by atoms with Crippen molar-refractivity contribution >= 4 is 9.84 Å². The summed E-state index contributed by atoms with van der Waals surface area (Å²) < 4.78 is 39.9. The summed E-state index contributed by atoms with van der Waals surface area (Å²) in [6.45, 7) is 5.82. The van der Waals surface area contributed by atoms with E-state index in [4.69, 9.17) is 9.47 Å². The number of aromatic hydroxyl groups is 1. The summed E-state index contributed by atoms with van der Waals surface area (Å²) in [5, 5.41) is 13.9. The van der Waals surface area contributed by atoms with Crippen LogP contribution in [0.2, 0.25) is 0 Å². The van der Waals surface area contributed by atoms with Gasteiger partial charge in [0.1, 0.15) is 23.2 Å². The quantitative estimate of drug-likeness (QED) is 0.642. The first kappa shape index (κ1) is 21.9. The van der Waals surface area contributed by atoms with E-state index in [1.54, 1.807) is 6.07 Å². The van der Waals surface area contributed by atoms with Gasteiger partial charge < -0.3 is 14.6 Å². The molecule has 0 spiro atoms. The molecular weight excluding hydrogens is 432 g/mol. The number of nitrogens with zero attached hydrogens (tertiary/aromatic N) is 2. The molecule has 0 unspecified atom stereocenters. The number of ether oxygens (including phenoxy) is 2. The average molecular weight is 457 g/mol. The smallest absolute Gasteiger partial charge is 0.266 e. The zero-order valence-electron chi connectivity index (χ0n) is 18.1. The molecule has 0 saturated carbocycles. The topological polar surface area (TPSA) is 108 Å². The Kier molecular flexibility index (Phi) is 5.24. The van der Waals surface area contributed by atoms with E-state index in [-0.39, 0.29) is 32.9 Å². The maximum atomic E-state index is 13.2. The van der Waals surface area contributed by atoms with E-state index >= 15 is 0 Å². The third-order valence-electron chi connectivity index (χ3n) is 5.83. The number of fused-ring (bicyclic) bond motifs is 1. The molecule has 2 heterocycles. The van der Waals surface area contributed by atoms with Crippen molar-refractivity contribution in [3.8, 4) is 17.4 Å². The van der Waals surface area contributed by atoms with E-state index in [2.05, 4.69) is 5.10 Å². The molecule has 32 heavy (non-hydrogen) atoms. The Morgan fingerprint density at radius 3 is 2.50 bits per heavy atom. The first-order chi connectivity index (χ1) is 15.0. The molecule has 0 bridgehead atoms. The van der Waals surface area contributed by atoms with E-state index in [9.17, 15) is 18.3 Å². The highest BCUT2D eigenvalue weighted by Gasteiger charge is 2.43. The molecule has 1 aliphatic heterocycles. The van der Waals surface area contributed by atoms with Gasteiger partial charge in [0.05, 0.1) is 9.79 Å². The monoisotopic (exact) mass is 456 g/mol. The van der Waals surface area contributed by atoms with Crippen molar-refractivity contribution in [1.82, 2.24) is 9.78 Å². The van der Waals surface area contributed by atoms with Crippen molar-refractivity contribution in [3.63, 3.8) is 0 Å². The molecule has 0 aliphatic carbocycles. The number of hydrogen-bond acceptors (Lipinski definition) is 7. The Bertz CT molecular complexity index is 1350. The first-order valence-electron chi connectivity index (χ1n) is 10.1. The standard InChI is InChI=1S/C23H24N2O6S/c1-14-22(30-20-10-11-21(27)25(4)24-20)18-13-17(8-9-19(18)31-23(14,2)3)32(28,29)16-7-5-6-15(26)12-16/h5-14,22,26H,1-4H3/t14-,22+/m1/s1. The molecule has 1 N–H and O–H groups in total. The van der Waals surface area contributed by atoms with Gasteiger partial charge in [-0.05, 0) is 50.2 Å². The van der Waals surface area contributed by atoms with Crippen molar-refractivity contribution < 1.29 is 23.0 Å². The molecule has 0 fully saturated rings. The highest BCUT2D eigenvalue weighted by Crippen LogP contribution is 2.46. The third kappa shape index (κ3) is 3.84. The van der Waals surface area contributed by atoms with Gasteiger partial charge >= 0.3 is 0 Å². The second-order valence-corrected chi connectivity index (χ2v) is 10.3. The van der Waals surface area contributed by atoms with Crippen molar-refractivity contribution in [2.75, 3.05) is 0 Å². The minimum atomic E-state index is -3.88.